The summed E-state index contributed by atoms with van der Waals surface area (Å²) in [5, 5.41) is 9.06. The van der Waals surface area contributed by atoms with E-state index in [2.05, 4.69) is 30.9 Å². The first-order chi connectivity index (χ1) is 16.5. The molecule has 1 aliphatic carbocycles. The molecular formula is C24H34F3N7O2S. The van der Waals surface area contributed by atoms with Gasteiger partial charge in [0, 0.05) is 25.8 Å². The summed E-state index contributed by atoms with van der Waals surface area (Å²) >= 11 is 0. The fraction of sp³-hybridized carbons (Fsp3) is 0.542. The van der Waals surface area contributed by atoms with E-state index in [-0.39, 0.29) is 44.5 Å². The number of rotatable bonds is 5. The Labute approximate surface area is 221 Å². The van der Waals surface area contributed by atoms with Crippen molar-refractivity contribution in [3.05, 3.63) is 35.3 Å². The number of anilines is 3. The summed E-state index contributed by atoms with van der Waals surface area (Å²) in [6, 6.07) is 1.59. The first kappa shape index (κ1) is 30.1. The van der Waals surface area contributed by atoms with Crippen LogP contribution in [0, 0.1) is 12.8 Å². The van der Waals surface area contributed by atoms with Gasteiger partial charge in [-0.05, 0) is 57.6 Å². The second kappa shape index (κ2) is 12.0. The van der Waals surface area contributed by atoms with Crippen molar-refractivity contribution in [1.82, 2.24) is 20.3 Å². The van der Waals surface area contributed by atoms with Crippen molar-refractivity contribution < 1.29 is 22.8 Å². The molecule has 3 heterocycles. The molecule has 1 atom stereocenters. The molecule has 1 fully saturated rings. The van der Waals surface area contributed by atoms with Crippen LogP contribution in [-0.4, -0.2) is 52.4 Å². The van der Waals surface area contributed by atoms with E-state index < -0.39 is 17.8 Å². The lowest BCUT2D eigenvalue weighted by atomic mass is 9.86. The van der Waals surface area contributed by atoms with Gasteiger partial charge in [-0.15, -0.1) is 0 Å². The minimum Gasteiger partial charge on any atom is -0.354 e. The van der Waals surface area contributed by atoms with Crippen LogP contribution in [0.4, 0.5) is 30.6 Å². The number of fused-ring (bicyclic) bond motifs is 1. The van der Waals surface area contributed by atoms with Crippen LogP contribution in [0.5, 0.6) is 0 Å². The van der Waals surface area contributed by atoms with Crippen LogP contribution in [0.2, 0.25) is 0 Å². The number of halogens is 3. The molecule has 37 heavy (non-hydrogen) atoms. The quantitative estimate of drug-likeness (QED) is 0.522. The number of aryl methyl sites for hydroxylation is 1. The Balaban J connectivity index is 0.00000241. The molecule has 0 spiro atoms. The van der Waals surface area contributed by atoms with E-state index >= 15 is 0 Å². The lowest BCUT2D eigenvalue weighted by Crippen LogP contribution is -2.44. The average molecular weight is 542 g/mol. The summed E-state index contributed by atoms with van der Waals surface area (Å²) in [6.45, 7) is 4.32. The van der Waals surface area contributed by atoms with Gasteiger partial charge in [0.25, 0.3) is 5.91 Å². The maximum atomic E-state index is 12.6. The van der Waals surface area contributed by atoms with Crippen molar-refractivity contribution in [3.63, 3.8) is 0 Å². The highest BCUT2D eigenvalue weighted by molar-refractivity contribution is 7.59. The molecule has 3 N–H and O–H groups in total. The van der Waals surface area contributed by atoms with Crippen molar-refractivity contribution in [3.8, 4) is 0 Å². The number of amides is 2. The molecule has 13 heteroatoms. The predicted molar refractivity (Wildman–Crippen MR) is 141 cm³/mol. The number of carbonyl (C=O) groups is 2. The minimum absolute atomic E-state index is 0. The number of alkyl halides is 3. The van der Waals surface area contributed by atoms with Gasteiger partial charge in [-0.3, -0.25) is 14.6 Å². The number of hydrogen-bond donors (Lipinski definition) is 3. The van der Waals surface area contributed by atoms with Crippen molar-refractivity contribution >= 4 is 42.8 Å². The van der Waals surface area contributed by atoms with Gasteiger partial charge in [0.1, 0.15) is 17.4 Å². The van der Waals surface area contributed by atoms with Crippen LogP contribution in [-0.2, 0) is 11.0 Å². The van der Waals surface area contributed by atoms with Gasteiger partial charge in [-0.25, -0.2) is 4.98 Å². The van der Waals surface area contributed by atoms with E-state index in [1.54, 1.807) is 0 Å². The van der Waals surface area contributed by atoms with Crippen LogP contribution in [0.15, 0.2) is 18.3 Å². The van der Waals surface area contributed by atoms with Gasteiger partial charge in [-0.1, -0.05) is 7.43 Å². The third-order valence-electron chi connectivity index (χ3n) is 6.66. The second-order valence-electron chi connectivity index (χ2n) is 9.11. The second-order valence-corrected chi connectivity index (χ2v) is 9.11. The van der Waals surface area contributed by atoms with Crippen molar-refractivity contribution in [1.29, 1.82) is 0 Å². The van der Waals surface area contributed by atoms with Crippen LogP contribution < -0.4 is 20.9 Å². The molecule has 0 bridgehead atoms. The van der Waals surface area contributed by atoms with Gasteiger partial charge in [0.15, 0.2) is 5.82 Å². The summed E-state index contributed by atoms with van der Waals surface area (Å²) in [4.78, 5) is 38.7. The Hall–Kier alpha value is -3.09. The molecular weight excluding hydrogens is 507 g/mol. The number of hydrogen-bond acceptors (Lipinski definition) is 7. The molecule has 2 aromatic rings. The number of carbonyl (C=O) groups excluding carboxylic acids is 2. The third kappa shape index (κ3) is 6.82. The highest BCUT2D eigenvalue weighted by Gasteiger charge is 2.33. The maximum Gasteiger partial charge on any atom is 0.433 e. The zero-order valence-electron chi connectivity index (χ0n) is 20.2. The molecule has 0 saturated heterocycles. The first-order valence-electron chi connectivity index (χ1n) is 11.5. The minimum atomic E-state index is -4.53. The maximum absolute atomic E-state index is 12.6. The summed E-state index contributed by atoms with van der Waals surface area (Å²) in [6.07, 6.45) is -0.294. The monoisotopic (exact) mass is 541 g/mol. The number of pyridine rings is 1. The summed E-state index contributed by atoms with van der Waals surface area (Å²) in [5.74, 6) is 1.03. The van der Waals surface area contributed by atoms with Gasteiger partial charge in [-0.2, -0.15) is 31.7 Å². The van der Waals surface area contributed by atoms with E-state index in [0.717, 1.165) is 44.0 Å². The highest BCUT2D eigenvalue weighted by atomic mass is 32.1. The molecule has 204 valence electrons. The average Bonchev–Trinajstić information content (AvgIpc) is 2.82. The molecule has 0 radical (unpaired) electrons. The number of aromatic nitrogens is 3. The van der Waals surface area contributed by atoms with Crippen molar-refractivity contribution in [2.75, 3.05) is 29.1 Å². The Morgan fingerprint density at radius 1 is 1.19 bits per heavy atom. The molecule has 2 amide bonds. The fourth-order valence-corrected chi connectivity index (χ4v) is 4.34. The summed E-state index contributed by atoms with van der Waals surface area (Å²) in [5.41, 5.74) is 0.401. The fourth-order valence-electron chi connectivity index (χ4n) is 4.34. The van der Waals surface area contributed by atoms with E-state index in [9.17, 15) is 22.8 Å². The highest BCUT2D eigenvalue weighted by Crippen LogP contribution is 2.32. The predicted octanol–water partition coefficient (Wildman–Crippen LogP) is 4.13. The normalized spacial score (nSPS) is 21.1. The molecule has 4 rings (SSSR count). The lowest BCUT2D eigenvalue weighted by molar-refractivity contribution is -0.141. The SMILES string of the molecule is C.Cc1nc(NCC2CCC(NC(=O)c3ccc(C(F)(F)F)nc3)CC2)nc2c1NC(=O)[C@H](C)N2C.S. The van der Waals surface area contributed by atoms with Gasteiger partial charge in [0.2, 0.25) is 11.9 Å². The Kier molecular flexibility index (Phi) is 9.75. The van der Waals surface area contributed by atoms with Crippen LogP contribution in [0.25, 0.3) is 0 Å². The molecule has 9 nitrogen and oxygen atoms in total. The molecule has 0 unspecified atom stereocenters. The number of nitrogens with zero attached hydrogens (tertiary/aromatic N) is 4. The Morgan fingerprint density at radius 2 is 1.86 bits per heavy atom. The molecule has 1 aliphatic heterocycles. The third-order valence-corrected chi connectivity index (χ3v) is 6.66. The van der Waals surface area contributed by atoms with E-state index in [0.29, 0.717) is 35.6 Å². The van der Waals surface area contributed by atoms with Crippen molar-refractivity contribution in [2.45, 2.75) is 65.2 Å². The van der Waals surface area contributed by atoms with Gasteiger partial charge < -0.3 is 20.9 Å². The van der Waals surface area contributed by atoms with Crippen LogP contribution in [0.1, 0.15) is 61.8 Å². The topological polar surface area (TPSA) is 112 Å². The van der Waals surface area contributed by atoms with E-state index in [1.807, 2.05) is 25.8 Å². The van der Waals surface area contributed by atoms with E-state index in [1.165, 1.54) is 0 Å². The zero-order chi connectivity index (χ0) is 25.3. The molecule has 2 aliphatic rings. The smallest absolute Gasteiger partial charge is 0.354 e. The summed E-state index contributed by atoms with van der Waals surface area (Å²) < 4.78 is 37.9. The van der Waals surface area contributed by atoms with Gasteiger partial charge in [0.05, 0.1) is 11.3 Å². The molecule has 2 aromatic heterocycles. The Morgan fingerprint density at radius 3 is 2.46 bits per heavy atom. The zero-order valence-corrected chi connectivity index (χ0v) is 21.2. The van der Waals surface area contributed by atoms with Crippen LogP contribution >= 0.6 is 13.5 Å². The number of likely N-dealkylation sites (N-methyl/N-ethyl adjacent to an activating group) is 1. The van der Waals surface area contributed by atoms with Crippen molar-refractivity contribution in [2.24, 2.45) is 5.92 Å². The Bertz CT molecular complexity index is 1110. The first-order valence-corrected chi connectivity index (χ1v) is 11.5. The van der Waals surface area contributed by atoms with E-state index in [4.69, 9.17) is 0 Å². The standard InChI is InChI=1S/C23H28F3N7O2.CH4.H2S/c1-12-18-19(33(3)13(2)20(34)31-18)32-22(29-12)28-10-14-4-7-16(8-5-14)30-21(35)15-6-9-17(27-11-15)23(24,25)26;;/h6,9,11,13-14,16H,4-5,7-8,10H2,1-3H3,(H,30,35)(H,31,34)(H,28,29,32);1H4;1H2/t13-,14?,16?;;/m0../s1. The molecule has 0 aromatic carbocycles. The molecule has 1 saturated carbocycles. The van der Waals surface area contributed by atoms with Gasteiger partial charge >= 0.3 is 6.18 Å². The summed E-state index contributed by atoms with van der Waals surface area (Å²) in [7, 11) is 1.83. The lowest BCUT2D eigenvalue weighted by Gasteiger charge is -2.33. The van der Waals surface area contributed by atoms with Crippen LogP contribution in [0.3, 0.4) is 0 Å². The number of nitrogens with one attached hydrogen (secondary N) is 3. The largest absolute Gasteiger partial charge is 0.433 e.